The maximum absolute atomic E-state index is 8.77. The van der Waals surface area contributed by atoms with Crippen LogP contribution in [0.3, 0.4) is 0 Å². The molecule has 0 aromatic carbocycles. The first kappa shape index (κ1) is 13.3. The van der Waals surface area contributed by atoms with Gasteiger partial charge >= 0.3 is 0 Å². The molecule has 0 aromatic heterocycles. The van der Waals surface area contributed by atoms with E-state index in [2.05, 4.69) is 23.0 Å². The molecule has 2 heterocycles. The summed E-state index contributed by atoms with van der Waals surface area (Å²) in [4.78, 5) is 6.79. The zero-order valence-electron chi connectivity index (χ0n) is 10.8. The summed E-state index contributed by atoms with van der Waals surface area (Å²) in [6, 6.07) is 0.628. The van der Waals surface area contributed by atoms with Crippen LogP contribution in [0.5, 0.6) is 0 Å². The summed E-state index contributed by atoms with van der Waals surface area (Å²) in [6.45, 7) is 10.6. The minimum Gasteiger partial charge on any atom is -0.309 e. The van der Waals surface area contributed by atoms with Gasteiger partial charge in [0.1, 0.15) is 0 Å². The third-order valence-corrected chi connectivity index (χ3v) is 3.36. The lowest BCUT2D eigenvalue weighted by molar-refractivity contribution is 0.116. The molecule has 0 bridgehead atoms. The maximum atomic E-state index is 8.77. The van der Waals surface area contributed by atoms with E-state index in [1.165, 1.54) is 26.2 Å². The fraction of sp³-hybridized carbons (Fsp3) is 0.917. The predicted octanol–water partition coefficient (Wildman–Crippen LogP) is 0.815. The Morgan fingerprint density at radius 3 is 2.19 bits per heavy atom. The van der Waals surface area contributed by atoms with Crippen LogP contribution in [0.15, 0.2) is 0 Å². The summed E-state index contributed by atoms with van der Waals surface area (Å²) in [5, 5.41) is 8.77. The van der Waals surface area contributed by atoms with Crippen molar-refractivity contribution >= 4 is 0 Å². The molecule has 1 unspecified atom stereocenters. The highest BCUT2D eigenvalue weighted by molar-refractivity contribution is 4.90. The molecule has 2 aliphatic rings. The molecule has 0 aliphatic carbocycles. The number of hydrogen-bond acceptors (Lipinski definition) is 4. The van der Waals surface area contributed by atoms with Gasteiger partial charge in [0.25, 0.3) is 0 Å². The van der Waals surface area contributed by atoms with Gasteiger partial charge in [0, 0.05) is 45.3 Å². The van der Waals surface area contributed by atoms with Crippen LogP contribution in [-0.4, -0.2) is 67.1 Å². The first-order valence-corrected chi connectivity index (χ1v) is 6.37. The van der Waals surface area contributed by atoms with Crippen molar-refractivity contribution in [3.63, 3.8) is 0 Å². The van der Waals surface area contributed by atoms with Gasteiger partial charge in [-0.3, -0.25) is 4.90 Å². The monoisotopic (exact) mass is 224 g/mol. The van der Waals surface area contributed by atoms with Gasteiger partial charge in [-0.15, -0.1) is 0 Å². The van der Waals surface area contributed by atoms with Gasteiger partial charge < -0.3 is 9.80 Å². The minimum absolute atomic E-state index is 0.628. The van der Waals surface area contributed by atoms with Crippen LogP contribution in [0.25, 0.3) is 0 Å². The quantitative estimate of drug-likeness (QED) is 0.617. The molecule has 2 fully saturated rings. The van der Waals surface area contributed by atoms with E-state index in [1.54, 1.807) is 0 Å². The Hall–Kier alpha value is -0.790. The molecule has 1 atom stereocenters. The largest absolute Gasteiger partial charge is 0.309 e. The van der Waals surface area contributed by atoms with Crippen molar-refractivity contribution < 1.29 is 0 Å². The fourth-order valence-corrected chi connectivity index (χ4v) is 2.32. The smallest absolute Gasteiger partial charge is 0.179 e. The molecule has 16 heavy (non-hydrogen) atoms. The van der Waals surface area contributed by atoms with Gasteiger partial charge in [-0.2, -0.15) is 5.26 Å². The highest BCUT2D eigenvalue weighted by Gasteiger charge is 2.28. The lowest BCUT2D eigenvalue weighted by Gasteiger charge is -2.36. The maximum Gasteiger partial charge on any atom is 0.179 e. The first-order valence-electron chi connectivity index (χ1n) is 6.37. The van der Waals surface area contributed by atoms with E-state index < -0.39 is 0 Å². The van der Waals surface area contributed by atoms with Crippen molar-refractivity contribution in [3.8, 4) is 6.19 Å². The third kappa shape index (κ3) is 3.36. The zero-order chi connectivity index (χ0) is 12.0. The fourth-order valence-electron chi connectivity index (χ4n) is 2.32. The second-order valence-corrected chi connectivity index (χ2v) is 4.33. The Bertz CT molecular complexity index is 228. The zero-order valence-corrected chi connectivity index (χ0v) is 10.8. The number of piperazine rings is 1. The number of nitriles is 1. The Kier molecular flexibility index (Phi) is 5.58. The molecule has 2 rings (SSSR count). The van der Waals surface area contributed by atoms with Gasteiger partial charge in [0.05, 0.1) is 0 Å². The average molecular weight is 224 g/mol. The highest BCUT2D eigenvalue weighted by atomic mass is 15.3. The van der Waals surface area contributed by atoms with Gasteiger partial charge in [0.2, 0.25) is 0 Å². The molecule has 4 nitrogen and oxygen atoms in total. The molecule has 0 saturated carbocycles. The van der Waals surface area contributed by atoms with Crippen molar-refractivity contribution in [1.29, 1.82) is 5.26 Å². The Morgan fingerprint density at radius 1 is 1.06 bits per heavy atom. The highest BCUT2D eigenvalue weighted by Crippen LogP contribution is 2.16. The molecule has 0 aromatic rings. The topological polar surface area (TPSA) is 33.5 Å². The van der Waals surface area contributed by atoms with E-state index in [0.29, 0.717) is 6.04 Å². The molecule has 92 valence electrons. The van der Waals surface area contributed by atoms with Crippen LogP contribution in [-0.2, 0) is 0 Å². The van der Waals surface area contributed by atoms with Crippen molar-refractivity contribution in [3.05, 3.63) is 0 Å². The summed E-state index contributed by atoms with van der Waals surface area (Å²) >= 11 is 0. The number of likely N-dealkylation sites (tertiary alicyclic amines) is 1. The van der Waals surface area contributed by atoms with E-state index in [9.17, 15) is 0 Å². The Morgan fingerprint density at radius 2 is 1.69 bits per heavy atom. The van der Waals surface area contributed by atoms with E-state index in [0.717, 1.165) is 19.5 Å². The molecular weight excluding hydrogens is 200 g/mol. The van der Waals surface area contributed by atoms with Crippen LogP contribution in [0, 0.1) is 11.5 Å². The van der Waals surface area contributed by atoms with Crippen LogP contribution >= 0.6 is 0 Å². The molecule has 0 spiro atoms. The first-order chi connectivity index (χ1) is 7.79. The van der Waals surface area contributed by atoms with Gasteiger partial charge in [-0.1, -0.05) is 13.8 Å². The van der Waals surface area contributed by atoms with Crippen LogP contribution in [0.1, 0.15) is 20.3 Å². The van der Waals surface area contributed by atoms with Crippen LogP contribution in [0.4, 0.5) is 0 Å². The molecule has 0 radical (unpaired) electrons. The van der Waals surface area contributed by atoms with Gasteiger partial charge in [-0.05, 0) is 13.5 Å². The predicted molar refractivity (Wildman–Crippen MR) is 66.0 cm³/mol. The second kappa shape index (κ2) is 6.72. The van der Waals surface area contributed by atoms with Crippen molar-refractivity contribution in [2.75, 3.05) is 46.3 Å². The lowest BCUT2D eigenvalue weighted by Crippen LogP contribution is -2.49. The van der Waals surface area contributed by atoms with Crippen molar-refractivity contribution in [1.82, 2.24) is 14.7 Å². The van der Waals surface area contributed by atoms with E-state index >= 15 is 0 Å². The number of rotatable bonds is 1. The van der Waals surface area contributed by atoms with Crippen LogP contribution in [0.2, 0.25) is 0 Å². The van der Waals surface area contributed by atoms with Gasteiger partial charge in [-0.25, -0.2) is 0 Å². The molecule has 4 heteroatoms. The van der Waals surface area contributed by atoms with Crippen molar-refractivity contribution in [2.24, 2.45) is 0 Å². The number of nitrogens with zero attached hydrogens (tertiary/aromatic N) is 4. The van der Waals surface area contributed by atoms with Gasteiger partial charge in [0.15, 0.2) is 6.19 Å². The van der Waals surface area contributed by atoms with E-state index in [-0.39, 0.29) is 0 Å². The molecule has 2 saturated heterocycles. The van der Waals surface area contributed by atoms with E-state index in [1.807, 2.05) is 18.7 Å². The van der Waals surface area contributed by atoms with Crippen molar-refractivity contribution in [2.45, 2.75) is 26.3 Å². The summed E-state index contributed by atoms with van der Waals surface area (Å²) in [6.07, 6.45) is 3.40. The SMILES string of the molecule is CC.CN1CCN(C2CCN(C#N)C2)CC1. The molecule has 0 N–H and O–H groups in total. The summed E-state index contributed by atoms with van der Waals surface area (Å²) < 4.78 is 0. The molecule has 0 amide bonds. The lowest BCUT2D eigenvalue weighted by atomic mass is 10.2. The standard InChI is InChI=1S/C10H18N4.C2H6/c1-12-4-6-14(7-5-12)10-2-3-13(8-10)9-11;1-2/h10H,2-8H2,1H3;1-2H3. The third-order valence-electron chi connectivity index (χ3n) is 3.36. The number of hydrogen-bond donors (Lipinski definition) is 0. The van der Waals surface area contributed by atoms with E-state index in [4.69, 9.17) is 5.26 Å². The summed E-state index contributed by atoms with van der Waals surface area (Å²) in [5.41, 5.74) is 0. The molecular formula is C12H24N4. The van der Waals surface area contributed by atoms with Crippen LogP contribution < -0.4 is 0 Å². The Labute approximate surface area is 99.4 Å². The Balaban J connectivity index is 0.000000606. The normalized spacial score (nSPS) is 27.1. The molecule has 2 aliphatic heterocycles. The second-order valence-electron chi connectivity index (χ2n) is 4.33. The summed E-state index contributed by atoms with van der Waals surface area (Å²) in [5.74, 6) is 0. The number of likely N-dealkylation sites (N-methyl/N-ethyl adjacent to an activating group) is 1. The minimum atomic E-state index is 0.628. The average Bonchev–Trinajstić information content (AvgIpc) is 2.81. The summed E-state index contributed by atoms with van der Waals surface area (Å²) in [7, 11) is 2.17.